The van der Waals surface area contributed by atoms with Gasteiger partial charge in [-0.25, -0.2) is 0 Å². The molecule has 1 fully saturated rings. The summed E-state index contributed by atoms with van der Waals surface area (Å²) in [5.74, 6) is 0.178. The molecule has 1 aromatic carbocycles. The van der Waals surface area contributed by atoms with E-state index >= 15 is 0 Å². The topological polar surface area (TPSA) is 56.6 Å². The molecule has 1 aromatic heterocycles. The number of nitrogens with zero attached hydrogens (tertiary/aromatic N) is 3. The van der Waals surface area contributed by atoms with Crippen LogP contribution >= 0.6 is 23.2 Å². The summed E-state index contributed by atoms with van der Waals surface area (Å²) in [5, 5.41) is 5.21. The molecule has 1 aliphatic rings. The van der Waals surface area contributed by atoms with Crippen LogP contribution in [0.2, 0.25) is 10.0 Å². The van der Waals surface area contributed by atoms with Crippen molar-refractivity contribution in [3.63, 3.8) is 0 Å². The molecule has 0 N–H and O–H groups in total. The average molecular weight is 370 g/mol. The van der Waals surface area contributed by atoms with E-state index in [1.807, 2.05) is 0 Å². The van der Waals surface area contributed by atoms with Crippen LogP contribution in [-0.4, -0.2) is 47.4 Å². The van der Waals surface area contributed by atoms with Gasteiger partial charge in [0.2, 0.25) is 5.88 Å². The maximum Gasteiger partial charge on any atom is 0.261 e. The van der Waals surface area contributed by atoms with Gasteiger partial charge in [0.25, 0.3) is 5.91 Å². The van der Waals surface area contributed by atoms with E-state index in [-0.39, 0.29) is 12.0 Å². The van der Waals surface area contributed by atoms with Gasteiger partial charge in [-0.05, 0) is 23.8 Å². The number of morpholine rings is 1. The van der Waals surface area contributed by atoms with Gasteiger partial charge in [-0.15, -0.1) is 5.10 Å². The Morgan fingerprint density at radius 1 is 1.33 bits per heavy atom. The Labute approximate surface area is 149 Å². The summed E-state index contributed by atoms with van der Waals surface area (Å²) in [4.78, 5) is 14.5. The molecule has 1 aliphatic heterocycles. The largest absolute Gasteiger partial charge is 0.479 e. The number of rotatable bonds is 3. The molecule has 0 unspecified atom stereocenters. The van der Waals surface area contributed by atoms with Crippen molar-refractivity contribution < 1.29 is 14.3 Å². The smallest absolute Gasteiger partial charge is 0.261 e. The summed E-state index contributed by atoms with van der Waals surface area (Å²) in [5.41, 5.74) is 1.29. The molecule has 24 heavy (non-hydrogen) atoms. The lowest BCUT2D eigenvalue weighted by molar-refractivity contribution is -0.0229. The van der Waals surface area contributed by atoms with E-state index in [9.17, 15) is 4.79 Å². The Hall–Kier alpha value is -1.76. The van der Waals surface area contributed by atoms with Gasteiger partial charge in [-0.3, -0.25) is 9.48 Å². The maximum atomic E-state index is 12.8. The molecule has 6 nitrogen and oxygen atoms in total. The van der Waals surface area contributed by atoms with Crippen LogP contribution in [0.15, 0.2) is 24.4 Å². The molecule has 0 spiro atoms. The quantitative estimate of drug-likeness (QED) is 0.834. The number of amides is 1. The molecular formula is C16H17Cl2N3O3. The minimum absolute atomic E-state index is 0.138. The Bertz CT molecular complexity index is 743. The fourth-order valence-corrected chi connectivity index (χ4v) is 3.28. The molecular weight excluding hydrogens is 353 g/mol. The van der Waals surface area contributed by atoms with Crippen LogP contribution in [0.25, 0.3) is 0 Å². The maximum absolute atomic E-state index is 12.8. The van der Waals surface area contributed by atoms with Crippen LogP contribution < -0.4 is 4.74 Å². The Balaban J connectivity index is 1.81. The fourth-order valence-electron chi connectivity index (χ4n) is 2.73. The fraction of sp³-hybridized carbons (Fsp3) is 0.375. The average Bonchev–Trinajstić information content (AvgIpc) is 2.94. The van der Waals surface area contributed by atoms with Gasteiger partial charge in [0.15, 0.2) is 0 Å². The highest BCUT2D eigenvalue weighted by Gasteiger charge is 2.29. The Morgan fingerprint density at radius 3 is 2.71 bits per heavy atom. The summed E-state index contributed by atoms with van der Waals surface area (Å²) in [7, 11) is 3.24. The van der Waals surface area contributed by atoms with E-state index in [0.29, 0.717) is 41.2 Å². The monoisotopic (exact) mass is 369 g/mol. The second-order valence-electron chi connectivity index (χ2n) is 5.54. The summed E-state index contributed by atoms with van der Waals surface area (Å²) in [6.45, 7) is 1.35. The van der Waals surface area contributed by atoms with Crippen molar-refractivity contribution in [3.05, 3.63) is 45.6 Å². The minimum Gasteiger partial charge on any atom is -0.479 e. The number of carbonyl (C=O) groups is 1. The molecule has 3 rings (SSSR count). The third kappa shape index (κ3) is 3.50. The lowest BCUT2D eigenvalue weighted by Crippen LogP contribution is -2.42. The van der Waals surface area contributed by atoms with Gasteiger partial charge in [0, 0.05) is 29.8 Å². The molecule has 0 bridgehead atoms. The lowest BCUT2D eigenvalue weighted by atomic mass is 10.1. The van der Waals surface area contributed by atoms with Gasteiger partial charge in [-0.1, -0.05) is 23.2 Å². The van der Waals surface area contributed by atoms with Crippen LogP contribution in [0.3, 0.4) is 0 Å². The highest BCUT2D eigenvalue weighted by molar-refractivity contribution is 6.34. The highest BCUT2D eigenvalue weighted by Crippen LogP contribution is 2.29. The van der Waals surface area contributed by atoms with Crippen molar-refractivity contribution in [2.75, 3.05) is 26.8 Å². The van der Waals surface area contributed by atoms with Gasteiger partial charge in [0.05, 0.1) is 20.3 Å². The van der Waals surface area contributed by atoms with Gasteiger partial charge in [-0.2, -0.15) is 0 Å². The van der Waals surface area contributed by atoms with Crippen molar-refractivity contribution in [1.82, 2.24) is 14.7 Å². The molecule has 128 valence electrons. The van der Waals surface area contributed by atoms with Crippen LogP contribution in [0.5, 0.6) is 5.88 Å². The number of carbonyl (C=O) groups excluding carboxylic acids is 1. The first-order chi connectivity index (χ1) is 11.5. The van der Waals surface area contributed by atoms with E-state index < -0.39 is 0 Å². The molecule has 2 heterocycles. The molecule has 1 saturated heterocycles. The van der Waals surface area contributed by atoms with Crippen molar-refractivity contribution >= 4 is 29.1 Å². The normalized spacial score (nSPS) is 17.8. The second-order valence-corrected chi connectivity index (χ2v) is 6.41. The molecule has 0 aliphatic carbocycles. The lowest BCUT2D eigenvalue weighted by Gasteiger charge is -2.33. The van der Waals surface area contributed by atoms with E-state index in [2.05, 4.69) is 5.10 Å². The number of benzene rings is 1. The van der Waals surface area contributed by atoms with Gasteiger partial charge < -0.3 is 14.4 Å². The first-order valence-corrected chi connectivity index (χ1v) is 8.18. The first-order valence-electron chi connectivity index (χ1n) is 7.42. The molecule has 2 aromatic rings. The summed E-state index contributed by atoms with van der Waals surface area (Å²) in [6.07, 6.45) is 1.38. The predicted octanol–water partition coefficient (Wildman–Crippen LogP) is 2.95. The van der Waals surface area contributed by atoms with Gasteiger partial charge in [0.1, 0.15) is 11.7 Å². The zero-order valence-corrected chi connectivity index (χ0v) is 14.8. The van der Waals surface area contributed by atoms with Crippen molar-refractivity contribution in [2.24, 2.45) is 7.05 Å². The van der Waals surface area contributed by atoms with Crippen LogP contribution in [-0.2, 0) is 11.8 Å². The number of aromatic nitrogens is 2. The van der Waals surface area contributed by atoms with E-state index in [4.69, 9.17) is 32.7 Å². The SMILES string of the molecule is COc1nn(C)cc1C(=O)N1CCO[C@H](c2cc(Cl)cc(Cl)c2)C1. The number of ether oxygens (including phenoxy) is 2. The molecule has 8 heteroatoms. The summed E-state index contributed by atoms with van der Waals surface area (Å²) in [6, 6.07) is 5.27. The van der Waals surface area contributed by atoms with Gasteiger partial charge >= 0.3 is 0 Å². The van der Waals surface area contributed by atoms with Crippen molar-refractivity contribution in [2.45, 2.75) is 6.10 Å². The zero-order valence-electron chi connectivity index (χ0n) is 13.3. The number of hydrogen-bond donors (Lipinski definition) is 0. The van der Waals surface area contributed by atoms with E-state index in [1.54, 1.807) is 41.0 Å². The molecule has 0 saturated carbocycles. The number of hydrogen-bond acceptors (Lipinski definition) is 4. The van der Waals surface area contributed by atoms with Crippen molar-refractivity contribution in [3.8, 4) is 5.88 Å². The summed E-state index contributed by atoms with van der Waals surface area (Å²) >= 11 is 12.1. The minimum atomic E-state index is -0.276. The van der Waals surface area contributed by atoms with E-state index in [1.165, 1.54) is 7.11 Å². The Morgan fingerprint density at radius 2 is 2.04 bits per heavy atom. The number of halogens is 2. The van der Waals surface area contributed by atoms with Crippen LogP contribution in [0.4, 0.5) is 0 Å². The first kappa shape index (κ1) is 17.1. The predicted molar refractivity (Wildman–Crippen MR) is 90.8 cm³/mol. The Kier molecular flexibility index (Phi) is 4.99. The highest BCUT2D eigenvalue weighted by atomic mass is 35.5. The van der Waals surface area contributed by atoms with Crippen LogP contribution in [0, 0.1) is 0 Å². The zero-order chi connectivity index (χ0) is 17.3. The standard InChI is InChI=1S/C16H17Cl2N3O3/c1-20-8-13(15(19-20)23-2)16(22)21-3-4-24-14(9-21)10-5-11(17)7-12(18)6-10/h5-8,14H,3-4,9H2,1-2H3/t14-/m0/s1. The number of methoxy groups -OCH3 is 1. The third-order valence-electron chi connectivity index (χ3n) is 3.83. The van der Waals surface area contributed by atoms with Crippen LogP contribution in [0.1, 0.15) is 22.0 Å². The van der Waals surface area contributed by atoms with Crippen molar-refractivity contribution in [1.29, 1.82) is 0 Å². The summed E-state index contributed by atoms with van der Waals surface area (Å²) < 4.78 is 12.5. The third-order valence-corrected chi connectivity index (χ3v) is 4.27. The molecule has 1 amide bonds. The molecule has 0 radical (unpaired) electrons. The molecule has 1 atom stereocenters. The van der Waals surface area contributed by atoms with E-state index in [0.717, 1.165) is 5.56 Å². The second kappa shape index (κ2) is 7.01. The number of aryl methyl sites for hydroxylation is 1.